The molecular weight excluding hydrogens is 348 g/mol. The van der Waals surface area contributed by atoms with Gasteiger partial charge in [-0.05, 0) is 50.1 Å². The maximum Gasteiger partial charge on any atom is 0.293 e. The Hall–Kier alpha value is -2.86. The number of thiazole rings is 1. The summed E-state index contributed by atoms with van der Waals surface area (Å²) >= 11 is 1.46. The Morgan fingerprint density at radius 1 is 1.27 bits per heavy atom. The minimum atomic E-state index is -0.322. The van der Waals surface area contributed by atoms with Crippen molar-refractivity contribution in [1.29, 1.82) is 0 Å². The van der Waals surface area contributed by atoms with Gasteiger partial charge in [0.2, 0.25) is 0 Å². The van der Waals surface area contributed by atoms with Crippen molar-refractivity contribution in [3.8, 4) is 5.75 Å². The highest BCUT2D eigenvalue weighted by molar-refractivity contribution is 7.22. The standard InChI is InChI=1S/C20H18N2O3S/c1-4-24-15-7-5-6-13-10-16(25-17(13)15)19(23)22-20-21-14-9-11(2)8-12(3)18(14)26-20/h5-10H,4H2,1-3H3,(H,21,22,23). The molecule has 0 aliphatic carbocycles. The number of ether oxygens (including phenoxy) is 1. The van der Waals surface area contributed by atoms with Gasteiger partial charge in [0, 0.05) is 5.39 Å². The van der Waals surface area contributed by atoms with Crippen molar-refractivity contribution < 1.29 is 13.9 Å². The van der Waals surface area contributed by atoms with Crippen LogP contribution in [0.5, 0.6) is 5.75 Å². The Kier molecular flexibility index (Phi) is 4.12. The van der Waals surface area contributed by atoms with E-state index in [1.54, 1.807) is 6.07 Å². The van der Waals surface area contributed by atoms with Gasteiger partial charge in [-0.2, -0.15) is 0 Å². The van der Waals surface area contributed by atoms with E-state index in [1.165, 1.54) is 11.3 Å². The lowest BCUT2D eigenvalue weighted by Gasteiger charge is -2.02. The number of aromatic nitrogens is 1. The van der Waals surface area contributed by atoms with Crippen LogP contribution in [0.3, 0.4) is 0 Å². The lowest BCUT2D eigenvalue weighted by atomic mass is 10.1. The number of carbonyl (C=O) groups is 1. The van der Waals surface area contributed by atoms with Crippen LogP contribution >= 0.6 is 11.3 Å². The zero-order valence-corrected chi connectivity index (χ0v) is 15.6. The monoisotopic (exact) mass is 366 g/mol. The number of rotatable bonds is 4. The topological polar surface area (TPSA) is 64.4 Å². The van der Waals surface area contributed by atoms with Gasteiger partial charge in [0.25, 0.3) is 5.91 Å². The van der Waals surface area contributed by atoms with Crippen molar-refractivity contribution in [1.82, 2.24) is 4.98 Å². The number of aryl methyl sites for hydroxylation is 2. The zero-order chi connectivity index (χ0) is 18.3. The molecule has 1 N–H and O–H groups in total. The second-order valence-corrected chi connectivity index (χ2v) is 7.12. The smallest absolute Gasteiger partial charge is 0.293 e. The van der Waals surface area contributed by atoms with Crippen LogP contribution in [-0.2, 0) is 0 Å². The van der Waals surface area contributed by atoms with Crippen molar-refractivity contribution in [2.75, 3.05) is 11.9 Å². The van der Waals surface area contributed by atoms with Crippen LogP contribution in [0, 0.1) is 13.8 Å². The van der Waals surface area contributed by atoms with Crippen molar-refractivity contribution >= 4 is 43.6 Å². The normalized spacial score (nSPS) is 11.2. The second-order valence-electron chi connectivity index (χ2n) is 6.12. The molecule has 0 aliphatic rings. The highest BCUT2D eigenvalue weighted by Gasteiger charge is 2.17. The first-order valence-corrected chi connectivity index (χ1v) is 9.21. The van der Waals surface area contributed by atoms with E-state index in [1.807, 2.05) is 45.0 Å². The van der Waals surface area contributed by atoms with E-state index in [9.17, 15) is 4.79 Å². The third-order valence-electron chi connectivity index (χ3n) is 4.07. The molecule has 0 bridgehead atoms. The molecule has 0 aliphatic heterocycles. The Morgan fingerprint density at radius 3 is 2.92 bits per heavy atom. The second kappa shape index (κ2) is 6.46. The van der Waals surface area contributed by atoms with E-state index in [2.05, 4.69) is 16.4 Å². The Balaban J connectivity index is 1.65. The van der Waals surface area contributed by atoms with Crippen LogP contribution < -0.4 is 10.1 Å². The minimum Gasteiger partial charge on any atom is -0.490 e. The van der Waals surface area contributed by atoms with Gasteiger partial charge < -0.3 is 9.15 Å². The Labute approximate surface area is 154 Å². The van der Waals surface area contributed by atoms with Crippen molar-refractivity contribution in [2.45, 2.75) is 20.8 Å². The Bertz CT molecular complexity index is 1130. The summed E-state index contributed by atoms with van der Waals surface area (Å²) in [5.41, 5.74) is 3.78. The van der Waals surface area contributed by atoms with Crippen LogP contribution in [0.15, 0.2) is 40.8 Å². The highest BCUT2D eigenvalue weighted by atomic mass is 32.1. The van der Waals surface area contributed by atoms with E-state index in [0.717, 1.165) is 26.7 Å². The Morgan fingerprint density at radius 2 is 2.12 bits per heavy atom. The van der Waals surface area contributed by atoms with Crippen molar-refractivity contribution in [2.24, 2.45) is 0 Å². The molecule has 0 radical (unpaired) electrons. The first kappa shape index (κ1) is 16.6. The molecule has 0 spiro atoms. The van der Waals surface area contributed by atoms with E-state index >= 15 is 0 Å². The summed E-state index contributed by atoms with van der Waals surface area (Å²) < 4.78 is 12.4. The van der Waals surface area contributed by atoms with Gasteiger partial charge in [0.05, 0.1) is 16.8 Å². The first-order chi connectivity index (χ1) is 12.5. The number of furan rings is 1. The molecule has 6 heteroatoms. The molecule has 0 fully saturated rings. The first-order valence-electron chi connectivity index (χ1n) is 8.39. The molecule has 4 aromatic rings. The quantitative estimate of drug-likeness (QED) is 0.531. The molecule has 0 saturated heterocycles. The molecule has 132 valence electrons. The highest BCUT2D eigenvalue weighted by Crippen LogP contribution is 2.32. The number of hydrogen-bond acceptors (Lipinski definition) is 5. The summed E-state index contributed by atoms with van der Waals surface area (Å²) in [4.78, 5) is 17.1. The SMILES string of the molecule is CCOc1cccc2cc(C(=O)Nc3nc4cc(C)cc(C)c4s3)oc12. The summed E-state index contributed by atoms with van der Waals surface area (Å²) in [7, 11) is 0. The van der Waals surface area contributed by atoms with Gasteiger partial charge in [-0.1, -0.05) is 29.5 Å². The molecule has 0 unspecified atom stereocenters. The molecule has 26 heavy (non-hydrogen) atoms. The van der Waals surface area contributed by atoms with Crippen LogP contribution in [0.2, 0.25) is 0 Å². The summed E-state index contributed by atoms with van der Waals surface area (Å²) in [5, 5.41) is 4.23. The summed E-state index contributed by atoms with van der Waals surface area (Å²) in [6.45, 7) is 6.53. The van der Waals surface area contributed by atoms with E-state index in [-0.39, 0.29) is 11.7 Å². The molecule has 2 aromatic heterocycles. The summed E-state index contributed by atoms with van der Waals surface area (Å²) in [6.07, 6.45) is 0. The molecule has 4 rings (SSSR count). The number of para-hydroxylation sites is 1. The molecule has 5 nitrogen and oxygen atoms in total. The van der Waals surface area contributed by atoms with Gasteiger partial charge in [0.15, 0.2) is 22.2 Å². The summed E-state index contributed by atoms with van der Waals surface area (Å²) in [6, 6.07) is 11.4. The van der Waals surface area contributed by atoms with Gasteiger partial charge in [0.1, 0.15) is 0 Å². The average molecular weight is 366 g/mol. The fourth-order valence-corrected chi connectivity index (χ4v) is 3.92. The maximum absolute atomic E-state index is 12.6. The molecule has 2 heterocycles. The zero-order valence-electron chi connectivity index (χ0n) is 14.8. The van der Waals surface area contributed by atoms with Gasteiger partial charge in [-0.25, -0.2) is 4.98 Å². The molecule has 1 amide bonds. The largest absolute Gasteiger partial charge is 0.490 e. The van der Waals surface area contributed by atoms with E-state index in [4.69, 9.17) is 9.15 Å². The van der Waals surface area contributed by atoms with Crippen LogP contribution in [0.25, 0.3) is 21.2 Å². The van der Waals surface area contributed by atoms with Crippen LogP contribution in [0.4, 0.5) is 5.13 Å². The number of fused-ring (bicyclic) bond motifs is 2. The minimum absolute atomic E-state index is 0.235. The number of benzene rings is 2. The van der Waals surface area contributed by atoms with E-state index in [0.29, 0.717) is 23.1 Å². The number of nitrogens with zero attached hydrogens (tertiary/aromatic N) is 1. The maximum atomic E-state index is 12.6. The number of anilines is 1. The van der Waals surface area contributed by atoms with Gasteiger partial charge >= 0.3 is 0 Å². The molecule has 2 aromatic carbocycles. The fourth-order valence-electron chi connectivity index (χ4n) is 3.01. The predicted octanol–water partition coefficient (Wildman–Crippen LogP) is 5.31. The predicted molar refractivity (Wildman–Crippen MR) is 104 cm³/mol. The summed E-state index contributed by atoms with van der Waals surface area (Å²) in [5.74, 6) is 0.548. The van der Waals surface area contributed by atoms with Gasteiger partial charge in [-0.3, -0.25) is 10.1 Å². The number of amides is 1. The molecular formula is C20H18N2O3S. The third-order valence-corrected chi connectivity index (χ3v) is 5.19. The van der Waals surface area contributed by atoms with Crippen molar-refractivity contribution in [3.63, 3.8) is 0 Å². The van der Waals surface area contributed by atoms with Gasteiger partial charge in [-0.15, -0.1) is 0 Å². The third kappa shape index (κ3) is 2.93. The van der Waals surface area contributed by atoms with Crippen LogP contribution in [0.1, 0.15) is 28.6 Å². The fraction of sp³-hybridized carbons (Fsp3) is 0.200. The number of carbonyl (C=O) groups excluding carboxylic acids is 1. The lowest BCUT2D eigenvalue weighted by molar-refractivity contribution is 0.0998. The molecule has 0 saturated carbocycles. The average Bonchev–Trinajstić information content (AvgIpc) is 3.19. The van der Waals surface area contributed by atoms with Crippen LogP contribution in [-0.4, -0.2) is 17.5 Å². The lowest BCUT2D eigenvalue weighted by Crippen LogP contribution is -2.10. The number of hydrogen-bond donors (Lipinski definition) is 1. The molecule has 0 atom stereocenters. The number of nitrogens with one attached hydrogen (secondary N) is 1. The van der Waals surface area contributed by atoms with E-state index < -0.39 is 0 Å². The van der Waals surface area contributed by atoms with Crippen molar-refractivity contribution in [3.05, 3.63) is 53.3 Å².